The van der Waals surface area contributed by atoms with Gasteiger partial charge in [0.1, 0.15) is 6.04 Å². The molecule has 0 spiro atoms. The fraction of sp³-hybridized carbons (Fsp3) is 0.550. The van der Waals surface area contributed by atoms with Crippen LogP contribution in [0.2, 0.25) is 0 Å². The van der Waals surface area contributed by atoms with Crippen molar-refractivity contribution < 1.29 is 22.7 Å². The van der Waals surface area contributed by atoms with Crippen molar-refractivity contribution >= 4 is 21.9 Å². The number of amides is 1. The minimum absolute atomic E-state index is 0.00935. The van der Waals surface area contributed by atoms with E-state index in [2.05, 4.69) is 0 Å². The van der Waals surface area contributed by atoms with Gasteiger partial charge in [0.05, 0.1) is 29.7 Å². The first-order valence-electron chi connectivity index (χ1n) is 10.1. The van der Waals surface area contributed by atoms with Crippen LogP contribution in [0.15, 0.2) is 29.2 Å². The summed E-state index contributed by atoms with van der Waals surface area (Å²) in [6.07, 6.45) is 1.78. The van der Waals surface area contributed by atoms with Crippen LogP contribution in [0.5, 0.6) is 0 Å². The Morgan fingerprint density at radius 3 is 2.60 bits per heavy atom. The molecule has 1 aromatic rings. The van der Waals surface area contributed by atoms with Crippen LogP contribution >= 0.6 is 0 Å². The van der Waals surface area contributed by atoms with E-state index in [1.54, 1.807) is 16.7 Å². The van der Waals surface area contributed by atoms with Crippen molar-refractivity contribution in [1.29, 1.82) is 5.26 Å². The van der Waals surface area contributed by atoms with Gasteiger partial charge in [0.25, 0.3) is 0 Å². The van der Waals surface area contributed by atoms with Gasteiger partial charge in [-0.2, -0.15) is 9.57 Å². The molecule has 3 rings (SSSR count). The lowest BCUT2D eigenvalue weighted by Crippen LogP contribution is -2.61. The Labute approximate surface area is 176 Å². The zero-order valence-corrected chi connectivity index (χ0v) is 17.8. The zero-order chi connectivity index (χ0) is 21.7. The number of sulfonamides is 1. The number of ether oxygens (including phenoxy) is 1. The molecule has 30 heavy (non-hydrogen) atoms. The first-order valence-corrected chi connectivity index (χ1v) is 11.5. The van der Waals surface area contributed by atoms with Crippen molar-refractivity contribution in [3.63, 3.8) is 0 Å². The third kappa shape index (κ3) is 4.80. The summed E-state index contributed by atoms with van der Waals surface area (Å²) >= 11 is 0. The molecule has 162 valence electrons. The lowest BCUT2D eigenvalue weighted by Gasteiger charge is -2.40. The number of hydrogen-bond acceptors (Lipinski definition) is 7. The number of nitrogens with zero attached hydrogens (tertiary/aromatic N) is 4. The van der Waals surface area contributed by atoms with Gasteiger partial charge in [0.2, 0.25) is 15.9 Å². The highest BCUT2D eigenvalue weighted by atomic mass is 32.2. The van der Waals surface area contributed by atoms with Crippen LogP contribution in [0.3, 0.4) is 0 Å². The first kappa shape index (κ1) is 22.2. The standard InChI is InChI=1S/C20H26N4O5S/c1-2-29-19(25)15-22-10-11-24(18(14-22)20(26)23-8-3-4-9-23)30(27,28)17-7-5-6-16(12-17)13-21/h5-7,12,18H,2-4,8-11,14-15H2,1H3. The molecule has 2 aliphatic heterocycles. The Morgan fingerprint density at radius 2 is 1.93 bits per heavy atom. The van der Waals surface area contributed by atoms with Crippen LogP contribution in [0.4, 0.5) is 0 Å². The lowest BCUT2D eigenvalue weighted by atomic mass is 10.2. The summed E-state index contributed by atoms with van der Waals surface area (Å²) in [4.78, 5) is 28.5. The third-order valence-corrected chi connectivity index (χ3v) is 7.25. The minimum atomic E-state index is -3.99. The molecule has 0 bridgehead atoms. The average Bonchev–Trinajstić information content (AvgIpc) is 3.28. The topological polar surface area (TPSA) is 111 Å². The molecule has 9 nitrogen and oxygen atoms in total. The summed E-state index contributed by atoms with van der Waals surface area (Å²) in [7, 11) is -3.99. The number of benzene rings is 1. The number of rotatable bonds is 6. The van der Waals surface area contributed by atoms with E-state index < -0.39 is 22.0 Å². The van der Waals surface area contributed by atoms with Crippen LogP contribution in [0, 0.1) is 11.3 Å². The van der Waals surface area contributed by atoms with Crippen LogP contribution in [-0.2, 0) is 24.3 Å². The maximum atomic E-state index is 13.4. The summed E-state index contributed by atoms with van der Waals surface area (Å²) in [6.45, 7) is 3.69. The predicted molar refractivity (Wildman–Crippen MR) is 108 cm³/mol. The van der Waals surface area contributed by atoms with Gasteiger partial charge < -0.3 is 9.64 Å². The molecule has 0 radical (unpaired) electrons. The minimum Gasteiger partial charge on any atom is -0.465 e. The summed E-state index contributed by atoms with van der Waals surface area (Å²) < 4.78 is 32.9. The molecule has 1 amide bonds. The highest BCUT2D eigenvalue weighted by Crippen LogP contribution is 2.24. The molecule has 1 aromatic carbocycles. The van der Waals surface area contributed by atoms with Crippen molar-refractivity contribution in [2.24, 2.45) is 0 Å². The number of piperazine rings is 1. The number of likely N-dealkylation sites (tertiary alicyclic amines) is 1. The lowest BCUT2D eigenvalue weighted by molar-refractivity contribution is -0.146. The Hall–Kier alpha value is -2.48. The predicted octanol–water partition coefficient (Wildman–Crippen LogP) is 0.419. The van der Waals surface area contributed by atoms with E-state index in [4.69, 9.17) is 10.00 Å². The molecule has 10 heteroatoms. The number of carbonyl (C=O) groups excluding carboxylic acids is 2. The highest BCUT2D eigenvalue weighted by molar-refractivity contribution is 7.89. The fourth-order valence-corrected chi connectivity index (χ4v) is 5.47. The van der Waals surface area contributed by atoms with Gasteiger partial charge in [0, 0.05) is 32.7 Å². The van der Waals surface area contributed by atoms with E-state index in [9.17, 15) is 18.0 Å². The zero-order valence-electron chi connectivity index (χ0n) is 17.0. The highest BCUT2D eigenvalue weighted by Gasteiger charge is 2.42. The Balaban J connectivity index is 1.88. The molecule has 2 aliphatic rings. The van der Waals surface area contributed by atoms with E-state index in [1.165, 1.54) is 28.6 Å². The molecule has 1 unspecified atom stereocenters. The van der Waals surface area contributed by atoms with Gasteiger partial charge in [-0.15, -0.1) is 0 Å². The quantitative estimate of drug-likeness (QED) is 0.597. The Bertz CT molecular complexity index is 937. The SMILES string of the molecule is CCOC(=O)CN1CCN(S(=O)(=O)c2cccc(C#N)c2)C(C(=O)N2CCCC2)C1. The fourth-order valence-electron chi connectivity index (χ4n) is 3.85. The number of hydrogen-bond donors (Lipinski definition) is 0. The van der Waals surface area contributed by atoms with E-state index in [0.717, 1.165) is 12.8 Å². The van der Waals surface area contributed by atoms with Crippen LogP contribution in [0.25, 0.3) is 0 Å². The van der Waals surface area contributed by atoms with Crippen LogP contribution < -0.4 is 0 Å². The summed E-state index contributed by atoms with van der Waals surface area (Å²) in [6, 6.07) is 6.81. The van der Waals surface area contributed by atoms with Gasteiger partial charge in [0.15, 0.2) is 0 Å². The second kappa shape index (κ2) is 9.55. The van der Waals surface area contributed by atoms with Crippen molar-refractivity contribution in [1.82, 2.24) is 14.1 Å². The maximum Gasteiger partial charge on any atom is 0.320 e. The molecule has 0 N–H and O–H groups in total. The molecule has 0 aromatic heterocycles. The molecule has 0 saturated carbocycles. The van der Waals surface area contributed by atoms with Crippen molar-refractivity contribution in [2.75, 3.05) is 45.9 Å². The summed E-state index contributed by atoms with van der Waals surface area (Å²) in [5, 5.41) is 9.11. The summed E-state index contributed by atoms with van der Waals surface area (Å²) in [5.41, 5.74) is 0.236. The summed E-state index contributed by atoms with van der Waals surface area (Å²) in [5.74, 6) is -0.649. The van der Waals surface area contributed by atoms with Gasteiger partial charge in [-0.3, -0.25) is 14.5 Å². The van der Waals surface area contributed by atoms with E-state index in [1.807, 2.05) is 6.07 Å². The molecule has 2 heterocycles. The largest absolute Gasteiger partial charge is 0.465 e. The van der Waals surface area contributed by atoms with Crippen molar-refractivity contribution in [3.8, 4) is 6.07 Å². The molecular formula is C20H26N4O5S. The maximum absolute atomic E-state index is 13.4. The van der Waals surface area contributed by atoms with Gasteiger partial charge >= 0.3 is 5.97 Å². The van der Waals surface area contributed by atoms with Crippen molar-refractivity contribution in [2.45, 2.75) is 30.7 Å². The molecule has 2 fully saturated rings. The molecular weight excluding hydrogens is 408 g/mol. The normalized spacial score (nSPS) is 20.7. The van der Waals surface area contributed by atoms with Crippen LogP contribution in [0.1, 0.15) is 25.3 Å². The van der Waals surface area contributed by atoms with E-state index in [0.29, 0.717) is 19.6 Å². The number of nitriles is 1. The van der Waals surface area contributed by atoms with Gasteiger partial charge in [-0.1, -0.05) is 6.07 Å². The van der Waals surface area contributed by atoms with Gasteiger partial charge in [-0.25, -0.2) is 8.42 Å². The van der Waals surface area contributed by atoms with Crippen LogP contribution in [-0.4, -0.2) is 86.3 Å². The van der Waals surface area contributed by atoms with Crippen molar-refractivity contribution in [3.05, 3.63) is 29.8 Å². The Kier molecular flexibility index (Phi) is 7.07. The smallest absolute Gasteiger partial charge is 0.320 e. The van der Waals surface area contributed by atoms with Gasteiger partial charge in [-0.05, 0) is 38.0 Å². The molecule has 0 aliphatic carbocycles. The molecule has 2 saturated heterocycles. The number of esters is 1. The third-order valence-electron chi connectivity index (χ3n) is 5.35. The molecule has 1 atom stereocenters. The monoisotopic (exact) mass is 434 g/mol. The van der Waals surface area contributed by atoms with E-state index >= 15 is 0 Å². The number of carbonyl (C=O) groups is 2. The first-order chi connectivity index (χ1) is 14.4. The second-order valence-corrected chi connectivity index (χ2v) is 9.23. The van der Waals surface area contributed by atoms with E-state index in [-0.39, 0.29) is 42.6 Å². The average molecular weight is 435 g/mol. The Morgan fingerprint density at radius 1 is 1.20 bits per heavy atom. The second-order valence-electron chi connectivity index (χ2n) is 7.34.